The molecule has 0 heterocycles. The van der Waals surface area contributed by atoms with Crippen LogP contribution in [0.2, 0.25) is 0 Å². The van der Waals surface area contributed by atoms with Gasteiger partial charge in [0.15, 0.2) is 0 Å². The standard InChI is InChI=1S/C33H61NO5/c1-3-5-7-9-11-12-13-14-15-16-18-24-28-33(38)39-30(25-21-17-10-8-6-4-2)26-22-19-20-23-27-31(35)34-29-32(36)37/h11-12,30H,3-10,13-29H2,1-2H3,(H,34,35)(H,36,37)/b12-11-. The molecule has 0 aromatic carbocycles. The SMILES string of the molecule is CCCCC/C=C\CCCCCCCC(=O)OC(CCCCCCCC)CCCCCCC(=O)NCC(=O)O. The number of amides is 1. The smallest absolute Gasteiger partial charge is 0.322 e. The van der Waals surface area contributed by atoms with Gasteiger partial charge in [-0.15, -0.1) is 0 Å². The summed E-state index contributed by atoms with van der Waals surface area (Å²) in [6, 6.07) is 0. The molecule has 0 aliphatic carbocycles. The van der Waals surface area contributed by atoms with Crippen molar-refractivity contribution in [2.45, 2.75) is 174 Å². The van der Waals surface area contributed by atoms with Crippen molar-refractivity contribution < 1.29 is 24.2 Å². The van der Waals surface area contributed by atoms with Crippen molar-refractivity contribution in [3.05, 3.63) is 12.2 Å². The summed E-state index contributed by atoms with van der Waals surface area (Å²) < 4.78 is 5.91. The molecule has 228 valence electrons. The van der Waals surface area contributed by atoms with Crippen LogP contribution in [0.25, 0.3) is 0 Å². The highest BCUT2D eigenvalue weighted by molar-refractivity contribution is 5.80. The maximum absolute atomic E-state index is 12.5. The van der Waals surface area contributed by atoms with Crippen LogP contribution in [0, 0.1) is 0 Å². The summed E-state index contributed by atoms with van der Waals surface area (Å²) in [4.78, 5) is 34.6. The fourth-order valence-electron chi connectivity index (χ4n) is 4.74. The Morgan fingerprint density at radius 3 is 1.69 bits per heavy atom. The Morgan fingerprint density at radius 1 is 0.641 bits per heavy atom. The quantitative estimate of drug-likeness (QED) is 0.0549. The second-order valence-electron chi connectivity index (χ2n) is 11.1. The monoisotopic (exact) mass is 551 g/mol. The number of allylic oxidation sites excluding steroid dienone is 2. The van der Waals surface area contributed by atoms with Gasteiger partial charge in [0.2, 0.25) is 5.91 Å². The van der Waals surface area contributed by atoms with Crippen LogP contribution in [0.1, 0.15) is 168 Å². The van der Waals surface area contributed by atoms with Crippen molar-refractivity contribution in [3.63, 3.8) is 0 Å². The van der Waals surface area contributed by atoms with E-state index in [1.54, 1.807) is 0 Å². The fourth-order valence-corrected chi connectivity index (χ4v) is 4.74. The third-order valence-electron chi connectivity index (χ3n) is 7.19. The zero-order valence-electron chi connectivity index (χ0n) is 25.5. The number of ether oxygens (including phenoxy) is 1. The molecule has 0 rings (SSSR count). The van der Waals surface area contributed by atoms with E-state index >= 15 is 0 Å². The van der Waals surface area contributed by atoms with Crippen molar-refractivity contribution in [2.75, 3.05) is 6.54 Å². The van der Waals surface area contributed by atoms with Crippen molar-refractivity contribution in [3.8, 4) is 0 Å². The summed E-state index contributed by atoms with van der Waals surface area (Å²) >= 11 is 0. The number of esters is 1. The van der Waals surface area contributed by atoms with E-state index in [4.69, 9.17) is 9.84 Å². The summed E-state index contributed by atoms with van der Waals surface area (Å²) in [6.45, 7) is 4.15. The number of carbonyl (C=O) groups is 3. The van der Waals surface area contributed by atoms with E-state index < -0.39 is 5.97 Å². The Labute approximate surface area is 240 Å². The summed E-state index contributed by atoms with van der Waals surface area (Å²) in [5, 5.41) is 11.0. The molecule has 0 bridgehead atoms. The molecule has 6 heteroatoms. The Hall–Kier alpha value is -1.85. The Kier molecular flexibility index (Phi) is 27.8. The average Bonchev–Trinajstić information content (AvgIpc) is 2.91. The van der Waals surface area contributed by atoms with E-state index in [0.29, 0.717) is 12.8 Å². The van der Waals surface area contributed by atoms with E-state index in [1.165, 1.54) is 83.5 Å². The highest BCUT2D eigenvalue weighted by Crippen LogP contribution is 2.18. The van der Waals surface area contributed by atoms with E-state index in [9.17, 15) is 14.4 Å². The van der Waals surface area contributed by atoms with Crippen LogP contribution in [-0.4, -0.2) is 35.6 Å². The van der Waals surface area contributed by atoms with Gasteiger partial charge in [-0.1, -0.05) is 103 Å². The van der Waals surface area contributed by atoms with E-state index in [1.807, 2.05) is 0 Å². The largest absolute Gasteiger partial charge is 0.480 e. The van der Waals surface area contributed by atoms with Crippen LogP contribution in [-0.2, 0) is 19.1 Å². The molecule has 1 atom stereocenters. The lowest BCUT2D eigenvalue weighted by molar-refractivity contribution is -0.150. The second kappa shape index (κ2) is 29.1. The molecule has 0 spiro atoms. The molecular weight excluding hydrogens is 490 g/mol. The van der Waals surface area contributed by atoms with Gasteiger partial charge in [0, 0.05) is 12.8 Å². The summed E-state index contributed by atoms with van der Waals surface area (Å²) in [5.41, 5.74) is 0. The Morgan fingerprint density at radius 2 is 1.10 bits per heavy atom. The van der Waals surface area contributed by atoms with Gasteiger partial charge in [-0.2, -0.15) is 0 Å². The molecule has 1 amide bonds. The first-order valence-corrected chi connectivity index (χ1v) is 16.3. The Balaban J connectivity index is 4.08. The molecule has 0 radical (unpaired) electrons. The van der Waals surface area contributed by atoms with Crippen LogP contribution in [0.4, 0.5) is 0 Å². The third-order valence-corrected chi connectivity index (χ3v) is 7.19. The van der Waals surface area contributed by atoms with Gasteiger partial charge >= 0.3 is 11.9 Å². The predicted octanol–water partition coefficient (Wildman–Crippen LogP) is 9.06. The van der Waals surface area contributed by atoms with Crippen LogP contribution in [0.5, 0.6) is 0 Å². The first kappa shape index (κ1) is 37.1. The van der Waals surface area contributed by atoms with Crippen molar-refractivity contribution in [2.24, 2.45) is 0 Å². The van der Waals surface area contributed by atoms with Crippen molar-refractivity contribution in [1.82, 2.24) is 5.32 Å². The van der Waals surface area contributed by atoms with Crippen molar-refractivity contribution in [1.29, 1.82) is 0 Å². The molecule has 2 N–H and O–H groups in total. The second-order valence-corrected chi connectivity index (χ2v) is 11.1. The molecule has 0 aromatic rings. The van der Waals surface area contributed by atoms with E-state index in [0.717, 1.165) is 57.8 Å². The normalized spacial score (nSPS) is 12.1. The molecule has 1 unspecified atom stereocenters. The highest BCUT2D eigenvalue weighted by atomic mass is 16.5. The van der Waals surface area contributed by atoms with Crippen molar-refractivity contribution >= 4 is 17.8 Å². The molecule has 0 aliphatic rings. The number of carboxylic acid groups (broad SMARTS) is 1. The maximum Gasteiger partial charge on any atom is 0.322 e. The minimum atomic E-state index is -1.02. The number of unbranched alkanes of at least 4 members (excludes halogenated alkanes) is 16. The lowest BCUT2D eigenvalue weighted by atomic mass is 10.0. The molecule has 0 fully saturated rings. The maximum atomic E-state index is 12.5. The summed E-state index contributed by atoms with van der Waals surface area (Å²) in [5.74, 6) is -1.27. The highest BCUT2D eigenvalue weighted by Gasteiger charge is 2.14. The lowest BCUT2D eigenvalue weighted by Crippen LogP contribution is -2.28. The molecule has 0 aromatic heterocycles. The van der Waals surface area contributed by atoms with Gasteiger partial charge in [-0.05, 0) is 64.2 Å². The molecule has 39 heavy (non-hydrogen) atoms. The van der Waals surface area contributed by atoms with Gasteiger partial charge in [-0.25, -0.2) is 0 Å². The Bertz CT molecular complexity index is 619. The molecule has 6 nitrogen and oxygen atoms in total. The van der Waals surface area contributed by atoms with Crippen LogP contribution < -0.4 is 5.32 Å². The van der Waals surface area contributed by atoms with Gasteiger partial charge in [-0.3, -0.25) is 14.4 Å². The predicted molar refractivity (Wildman–Crippen MR) is 162 cm³/mol. The van der Waals surface area contributed by atoms with Gasteiger partial charge < -0.3 is 15.2 Å². The minimum Gasteiger partial charge on any atom is -0.480 e. The molecular formula is C33H61NO5. The van der Waals surface area contributed by atoms with Gasteiger partial charge in [0.05, 0.1) is 0 Å². The molecule has 0 saturated heterocycles. The van der Waals surface area contributed by atoms with E-state index in [2.05, 4.69) is 31.3 Å². The van der Waals surface area contributed by atoms with E-state index in [-0.39, 0.29) is 24.5 Å². The minimum absolute atomic E-state index is 0.00616. The molecule has 0 saturated carbocycles. The molecule has 0 aliphatic heterocycles. The zero-order chi connectivity index (χ0) is 28.8. The number of aliphatic carboxylic acids is 1. The summed E-state index contributed by atoms with van der Waals surface area (Å²) in [6.07, 6.45) is 30.4. The first-order chi connectivity index (χ1) is 19.0. The number of carboxylic acids is 1. The number of nitrogens with one attached hydrogen (secondary N) is 1. The zero-order valence-corrected chi connectivity index (χ0v) is 25.5. The number of rotatable bonds is 29. The third kappa shape index (κ3) is 29.0. The lowest BCUT2D eigenvalue weighted by Gasteiger charge is -2.18. The average molecular weight is 552 g/mol. The summed E-state index contributed by atoms with van der Waals surface area (Å²) in [7, 11) is 0. The van der Waals surface area contributed by atoms with Crippen LogP contribution in [0.3, 0.4) is 0 Å². The van der Waals surface area contributed by atoms with Gasteiger partial charge in [0.1, 0.15) is 12.6 Å². The number of hydrogen-bond donors (Lipinski definition) is 2. The topological polar surface area (TPSA) is 92.7 Å². The van der Waals surface area contributed by atoms with Crippen LogP contribution in [0.15, 0.2) is 12.2 Å². The first-order valence-electron chi connectivity index (χ1n) is 16.3. The number of carbonyl (C=O) groups excluding carboxylic acids is 2. The fraction of sp³-hybridized carbons (Fsp3) is 0.848. The van der Waals surface area contributed by atoms with Gasteiger partial charge in [0.25, 0.3) is 0 Å². The number of hydrogen-bond acceptors (Lipinski definition) is 4. The van der Waals surface area contributed by atoms with Crippen LogP contribution >= 0.6 is 0 Å².